The predicted molar refractivity (Wildman–Crippen MR) is 108 cm³/mol. The van der Waals surface area contributed by atoms with Gasteiger partial charge in [0.2, 0.25) is 0 Å². The van der Waals surface area contributed by atoms with Crippen LogP contribution in [0.15, 0.2) is 65.6 Å². The third-order valence-corrected chi connectivity index (χ3v) is 5.48. The van der Waals surface area contributed by atoms with Crippen LogP contribution in [0.25, 0.3) is 0 Å². The SMILES string of the molecule is CCc1ccc(S(=O)(=O)Nc2ccc(Nc3ccc(C(C)=O)cc3)nn2)cc1. The van der Waals surface area contributed by atoms with Crippen LogP contribution < -0.4 is 10.0 Å². The number of hydrogen-bond donors (Lipinski definition) is 2. The molecule has 8 heteroatoms. The molecule has 0 fully saturated rings. The monoisotopic (exact) mass is 396 g/mol. The molecule has 0 saturated carbocycles. The minimum absolute atomic E-state index is 0.00712. The number of aryl methyl sites for hydroxylation is 1. The number of aromatic nitrogens is 2. The van der Waals surface area contributed by atoms with Crippen molar-refractivity contribution in [2.24, 2.45) is 0 Å². The summed E-state index contributed by atoms with van der Waals surface area (Å²) < 4.78 is 27.3. The summed E-state index contributed by atoms with van der Waals surface area (Å²) in [7, 11) is -3.73. The molecule has 0 amide bonds. The lowest BCUT2D eigenvalue weighted by Gasteiger charge is -2.09. The highest BCUT2D eigenvalue weighted by Gasteiger charge is 2.15. The van der Waals surface area contributed by atoms with E-state index in [1.165, 1.54) is 13.0 Å². The highest BCUT2D eigenvalue weighted by molar-refractivity contribution is 7.92. The second-order valence-electron chi connectivity index (χ2n) is 6.17. The van der Waals surface area contributed by atoms with E-state index in [4.69, 9.17) is 0 Å². The van der Waals surface area contributed by atoms with Crippen molar-refractivity contribution in [3.8, 4) is 0 Å². The van der Waals surface area contributed by atoms with E-state index in [-0.39, 0.29) is 16.5 Å². The van der Waals surface area contributed by atoms with Gasteiger partial charge in [-0.05, 0) is 67.4 Å². The largest absolute Gasteiger partial charge is 0.339 e. The number of hydrogen-bond acceptors (Lipinski definition) is 6. The van der Waals surface area contributed by atoms with Gasteiger partial charge in [0.25, 0.3) is 10.0 Å². The molecular formula is C20H20N4O3S. The zero-order valence-corrected chi connectivity index (χ0v) is 16.3. The van der Waals surface area contributed by atoms with Crippen molar-refractivity contribution in [1.82, 2.24) is 10.2 Å². The molecule has 0 aliphatic heterocycles. The third kappa shape index (κ3) is 4.72. The Bertz CT molecular complexity index is 1060. The second-order valence-corrected chi connectivity index (χ2v) is 7.85. The third-order valence-electron chi connectivity index (χ3n) is 4.11. The molecule has 0 spiro atoms. The van der Waals surface area contributed by atoms with Gasteiger partial charge in [-0.2, -0.15) is 0 Å². The van der Waals surface area contributed by atoms with E-state index in [0.717, 1.165) is 17.7 Å². The lowest BCUT2D eigenvalue weighted by Crippen LogP contribution is -2.14. The minimum Gasteiger partial charge on any atom is -0.339 e. The first-order valence-corrected chi connectivity index (χ1v) is 10.2. The summed E-state index contributed by atoms with van der Waals surface area (Å²) in [5.74, 6) is 0.565. The molecule has 2 N–H and O–H groups in total. The van der Waals surface area contributed by atoms with Crippen molar-refractivity contribution < 1.29 is 13.2 Å². The Morgan fingerprint density at radius 1 is 0.893 bits per heavy atom. The maximum atomic E-state index is 12.4. The Kier molecular flexibility index (Phi) is 5.70. The molecule has 28 heavy (non-hydrogen) atoms. The molecule has 0 radical (unpaired) electrons. The standard InChI is InChI=1S/C20H20N4O3S/c1-3-15-4-10-18(11-5-15)28(26,27)24-20-13-12-19(22-23-20)21-17-8-6-16(7-9-17)14(2)25/h4-13H,3H2,1-2H3,(H,21,22)(H,23,24). The van der Waals surface area contributed by atoms with Crippen LogP contribution in [-0.2, 0) is 16.4 Å². The van der Waals surface area contributed by atoms with Gasteiger partial charge in [0.05, 0.1) is 4.90 Å². The molecule has 3 rings (SSSR count). The van der Waals surface area contributed by atoms with Gasteiger partial charge in [-0.1, -0.05) is 19.1 Å². The Labute approximate surface area is 163 Å². The van der Waals surface area contributed by atoms with E-state index in [1.807, 2.05) is 6.92 Å². The Balaban J connectivity index is 1.68. The molecule has 1 heterocycles. The zero-order valence-electron chi connectivity index (χ0n) is 15.5. The van der Waals surface area contributed by atoms with Crippen molar-refractivity contribution in [3.05, 3.63) is 71.8 Å². The number of Topliss-reactive ketones (excluding diaryl/α,β-unsaturated/α-hetero) is 1. The highest BCUT2D eigenvalue weighted by Crippen LogP contribution is 2.18. The molecule has 0 atom stereocenters. The van der Waals surface area contributed by atoms with Gasteiger partial charge in [0, 0.05) is 11.3 Å². The second kappa shape index (κ2) is 8.18. The Morgan fingerprint density at radius 2 is 1.50 bits per heavy atom. The number of rotatable bonds is 7. The average molecular weight is 396 g/mol. The van der Waals surface area contributed by atoms with Gasteiger partial charge in [-0.25, -0.2) is 8.42 Å². The fraction of sp³-hybridized carbons (Fsp3) is 0.150. The molecule has 144 valence electrons. The Hall–Kier alpha value is -3.26. The van der Waals surface area contributed by atoms with E-state index < -0.39 is 10.0 Å². The number of carbonyl (C=O) groups excluding carboxylic acids is 1. The lowest BCUT2D eigenvalue weighted by atomic mass is 10.1. The molecule has 0 aliphatic rings. The minimum atomic E-state index is -3.73. The lowest BCUT2D eigenvalue weighted by molar-refractivity contribution is 0.101. The van der Waals surface area contributed by atoms with Crippen LogP contribution >= 0.6 is 0 Å². The maximum Gasteiger partial charge on any atom is 0.263 e. The van der Waals surface area contributed by atoms with E-state index in [1.54, 1.807) is 54.6 Å². The fourth-order valence-electron chi connectivity index (χ4n) is 2.49. The summed E-state index contributed by atoms with van der Waals surface area (Å²) in [6.45, 7) is 3.51. The number of benzene rings is 2. The predicted octanol–water partition coefficient (Wildman–Crippen LogP) is 3.79. The number of nitrogens with one attached hydrogen (secondary N) is 2. The van der Waals surface area contributed by atoms with Crippen LogP contribution in [-0.4, -0.2) is 24.4 Å². The summed E-state index contributed by atoms with van der Waals surface area (Å²) in [6.07, 6.45) is 0.838. The van der Waals surface area contributed by atoms with Crippen molar-refractivity contribution in [2.75, 3.05) is 10.0 Å². The van der Waals surface area contributed by atoms with Crippen molar-refractivity contribution in [3.63, 3.8) is 0 Å². The summed E-state index contributed by atoms with van der Waals surface area (Å²) >= 11 is 0. The van der Waals surface area contributed by atoms with Crippen LogP contribution in [0.2, 0.25) is 0 Å². The van der Waals surface area contributed by atoms with E-state index in [9.17, 15) is 13.2 Å². The molecule has 0 aliphatic carbocycles. The zero-order chi connectivity index (χ0) is 20.1. The smallest absolute Gasteiger partial charge is 0.263 e. The van der Waals surface area contributed by atoms with Gasteiger partial charge in [-0.15, -0.1) is 10.2 Å². The van der Waals surface area contributed by atoms with Crippen LogP contribution in [0.1, 0.15) is 29.8 Å². The Morgan fingerprint density at radius 3 is 2.04 bits per heavy atom. The van der Waals surface area contributed by atoms with Gasteiger partial charge in [-0.3, -0.25) is 9.52 Å². The van der Waals surface area contributed by atoms with E-state index in [0.29, 0.717) is 11.4 Å². The normalized spacial score (nSPS) is 11.1. The summed E-state index contributed by atoms with van der Waals surface area (Å²) in [6, 6.07) is 16.8. The van der Waals surface area contributed by atoms with Gasteiger partial charge >= 0.3 is 0 Å². The van der Waals surface area contributed by atoms with Crippen molar-refractivity contribution in [2.45, 2.75) is 25.2 Å². The maximum absolute atomic E-state index is 12.4. The molecule has 3 aromatic rings. The van der Waals surface area contributed by atoms with Crippen LogP contribution in [0, 0.1) is 0 Å². The first-order valence-electron chi connectivity index (χ1n) is 8.71. The van der Waals surface area contributed by atoms with Gasteiger partial charge in [0.15, 0.2) is 17.4 Å². The number of nitrogens with zero attached hydrogens (tertiary/aromatic N) is 2. The summed E-state index contributed by atoms with van der Waals surface area (Å²) in [4.78, 5) is 11.5. The van der Waals surface area contributed by atoms with Gasteiger partial charge < -0.3 is 5.32 Å². The first-order chi connectivity index (χ1) is 13.4. The topological polar surface area (TPSA) is 101 Å². The first kappa shape index (κ1) is 19.5. The fourth-order valence-corrected chi connectivity index (χ4v) is 3.49. The van der Waals surface area contributed by atoms with Gasteiger partial charge in [0.1, 0.15) is 0 Å². The van der Waals surface area contributed by atoms with Crippen LogP contribution in [0.4, 0.5) is 17.3 Å². The average Bonchev–Trinajstić information content (AvgIpc) is 2.70. The number of sulfonamides is 1. The van der Waals surface area contributed by atoms with E-state index >= 15 is 0 Å². The molecular weight excluding hydrogens is 376 g/mol. The molecule has 1 aromatic heterocycles. The number of carbonyl (C=O) groups is 1. The van der Waals surface area contributed by atoms with Crippen molar-refractivity contribution >= 4 is 33.1 Å². The molecule has 7 nitrogen and oxygen atoms in total. The van der Waals surface area contributed by atoms with Crippen molar-refractivity contribution in [1.29, 1.82) is 0 Å². The number of ketones is 1. The molecule has 0 saturated heterocycles. The quantitative estimate of drug-likeness (QED) is 0.589. The molecule has 2 aromatic carbocycles. The summed E-state index contributed by atoms with van der Waals surface area (Å²) in [5.41, 5.74) is 2.42. The highest BCUT2D eigenvalue weighted by atomic mass is 32.2. The van der Waals surface area contributed by atoms with Crippen LogP contribution in [0.5, 0.6) is 0 Å². The summed E-state index contributed by atoms with van der Waals surface area (Å²) in [5, 5.41) is 10.9. The van der Waals surface area contributed by atoms with Crippen LogP contribution in [0.3, 0.4) is 0 Å². The molecule has 0 bridgehead atoms. The molecule has 0 unspecified atom stereocenters. The number of anilines is 3. The van der Waals surface area contributed by atoms with E-state index in [2.05, 4.69) is 20.2 Å².